The average molecular weight is 420 g/mol. The van der Waals surface area contributed by atoms with E-state index in [0.29, 0.717) is 26.3 Å². The van der Waals surface area contributed by atoms with Gasteiger partial charge in [-0.25, -0.2) is 4.79 Å². The lowest BCUT2D eigenvalue weighted by Crippen LogP contribution is -2.42. The number of rotatable bonds is 7. The van der Waals surface area contributed by atoms with Crippen LogP contribution in [0.15, 0.2) is 66.9 Å². The van der Waals surface area contributed by atoms with E-state index in [1.54, 1.807) is 7.11 Å². The Labute approximate surface area is 183 Å². The molecule has 0 spiro atoms. The predicted molar refractivity (Wildman–Crippen MR) is 121 cm³/mol. The minimum Gasteiger partial charge on any atom is -0.494 e. The molecule has 0 bridgehead atoms. The topological polar surface area (TPSA) is 55.7 Å². The van der Waals surface area contributed by atoms with E-state index in [0.717, 1.165) is 34.7 Å². The predicted octanol–water partition coefficient (Wildman–Crippen LogP) is 4.53. The summed E-state index contributed by atoms with van der Waals surface area (Å²) in [5.41, 5.74) is 4.32. The normalized spacial score (nSPS) is 15.0. The molecule has 162 valence electrons. The molecule has 1 unspecified atom stereocenters. The molecule has 1 aliphatic rings. The maximum Gasteiger partial charge on any atom is 0.318 e. The highest BCUT2D eigenvalue weighted by atomic mass is 16.5. The summed E-state index contributed by atoms with van der Waals surface area (Å²) in [7, 11) is 1.67. The summed E-state index contributed by atoms with van der Waals surface area (Å²) in [4.78, 5) is 15.3. The van der Waals surface area contributed by atoms with Crippen molar-refractivity contribution in [3.8, 4) is 11.4 Å². The van der Waals surface area contributed by atoms with Gasteiger partial charge in [-0.05, 0) is 54.8 Å². The van der Waals surface area contributed by atoms with Crippen molar-refractivity contribution in [2.24, 2.45) is 0 Å². The summed E-state index contributed by atoms with van der Waals surface area (Å²) < 4.78 is 12.9. The number of fused-ring (bicyclic) bond motifs is 3. The third-order valence-corrected chi connectivity index (χ3v) is 5.53. The number of benzene rings is 2. The Bertz CT molecular complexity index is 1010. The van der Waals surface area contributed by atoms with Gasteiger partial charge in [-0.2, -0.15) is 0 Å². The molecule has 31 heavy (non-hydrogen) atoms. The van der Waals surface area contributed by atoms with Crippen LogP contribution in [-0.2, 0) is 11.3 Å². The highest BCUT2D eigenvalue weighted by Gasteiger charge is 2.32. The molecular weight excluding hydrogens is 390 g/mol. The second kappa shape index (κ2) is 9.71. The van der Waals surface area contributed by atoms with Gasteiger partial charge in [-0.15, -0.1) is 0 Å². The van der Waals surface area contributed by atoms with Crippen molar-refractivity contribution in [2.45, 2.75) is 25.9 Å². The number of aromatic nitrogens is 1. The number of hydrogen-bond donors (Lipinski definition) is 1. The number of urea groups is 1. The first-order valence-electron chi connectivity index (χ1n) is 10.7. The zero-order valence-electron chi connectivity index (χ0n) is 18.1. The molecule has 2 aromatic carbocycles. The fraction of sp³-hybridized carbons (Fsp3) is 0.320. The molecule has 4 rings (SSSR count). The molecule has 2 heterocycles. The zero-order valence-corrected chi connectivity index (χ0v) is 18.1. The summed E-state index contributed by atoms with van der Waals surface area (Å²) in [6, 6.07) is 20.1. The van der Waals surface area contributed by atoms with Gasteiger partial charge in [0.1, 0.15) is 5.75 Å². The molecule has 0 radical (unpaired) electrons. The number of methoxy groups -OCH3 is 1. The first-order valence-corrected chi connectivity index (χ1v) is 10.7. The van der Waals surface area contributed by atoms with E-state index in [-0.39, 0.29) is 12.1 Å². The fourth-order valence-electron chi connectivity index (χ4n) is 4.12. The summed E-state index contributed by atoms with van der Waals surface area (Å²) in [6.45, 7) is 4.30. The first-order chi connectivity index (χ1) is 15.2. The van der Waals surface area contributed by atoms with E-state index >= 15 is 0 Å². The van der Waals surface area contributed by atoms with Crippen LogP contribution in [0.4, 0.5) is 4.79 Å². The molecule has 6 heteroatoms. The standard InChI is InChI=1S/C25H29N3O3/c1-3-31-21-13-11-19(12-14-21)24-23-10-6-16-27(23)22-9-5-4-8-20(22)18-28(24)25(29)26-15-7-17-30-2/h4-6,8-14,16,24H,3,7,15,17-18H2,1-2H3,(H,26,29). The van der Waals surface area contributed by atoms with Crippen molar-refractivity contribution in [3.05, 3.63) is 83.7 Å². The minimum atomic E-state index is -0.222. The van der Waals surface area contributed by atoms with E-state index in [9.17, 15) is 4.79 Å². The van der Waals surface area contributed by atoms with Crippen LogP contribution < -0.4 is 10.1 Å². The second-order valence-electron chi connectivity index (χ2n) is 7.54. The molecule has 0 saturated carbocycles. The Morgan fingerprint density at radius 1 is 1.10 bits per heavy atom. The molecule has 1 atom stereocenters. The van der Waals surface area contributed by atoms with Crippen molar-refractivity contribution in [3.63, 3.8) is 0 Å². The maximum atomic E-state index is 13.3. The molecule has 1 aromatic heterocycles. The Kier molecular flexibility index (Phi) is 6.57. The number of carbonyl (C=O) groups excluding carboxylic acids is 1. The Hall–Kier alpha value is -3.25. The molecule has 2 amide bonds. The molecular formula is C25H29N3O3. The van der Waals surface area contributed by atoms with Crippen LogP contribution in [-0.4, -0.2) is 42.4 Å². The third-order valence-electron chi connectivity index (χ3n) is 5.53. The lowest BCUT2D eigenvalue weighted by molar-refractivity contribution is 0.174. The van der Waals surface area contributed by atoms with Crippen LogP contribution in [0.5, 0.6) is 5.75 Å². The van der Waals surface area contributed by atoms with Crippen LogP contribution in [0.1, 0.15) is 36.2 Å². The van der Waals surface area contributed by atoms with Crippen molar-refractivity contribution < 1.29 is 14.3 Å². The van der Waals surface area contributed by atoms with E-state index in [1.165, 1.54) is 0 Å². The molecule has 3 aromatic rings. The summed E-state index contributed by atoms with van der Waals surface area (Å²) >= 11 is 0. The second-order valence-corrected chi connectivity index (χ2v) is 7.54. The van der Waals surface area contributed by atoms with Crippen molar-refractivity contribution in [1.82, 2.24) is 14.8 Å². The Balaban J connectivity index is 1.73. The van der Waals surface area contributed by atoms with Crippen LogP contribution in [0.25, 0.3) is 5.69 Å². The van der Waals surface area contributed by atoms with Gasteiger partial charge >= 0.3 is 6.03 Å². The van der Waals surface area contributed by atoms with Crippen LogP contribution in [0.2, 0.25) is 0 Å². The Morgan fingerprint density at radius 2 is 1.90 bits per heavy atom. The quantitative estimate of drug-likeness (QED) is 0.573. The van der Waals surface area contributed by atoms with E-state index < -0.39 is 0 Å². The fourth-order valence-corrected chi connectivity index (χ4v) is 4.12. The number of nitrogens with zero attached hydrogens (tertiary/aromatic N) is 2. The van der Waals surface area contributed by atoms with Crippen LogP contribution in [0, 0.1) is 0 Å². The van der Waals surface area contributed by atoms with E-state index in [1.807, 2.05) is 54.3 Å². The number of ether oxygens (including phenoxy) is 2. The Morgan fingerprint density at radius 3 is 2.68 bits per heavy atom. The average Bonchev–Trinajstić information content (AvgIpc) is 3.22. The van der Waals surface area contributed by atoms with Crippen molar-refractivity contribution >= 4 is 6.03 Å². The van der Waals surface area contributed by atoms with Crippen LogP contribution in [0.3, 0.4) is 0 Å². The summed E-state index contributed by atoms with van der Waals surface area (Å²) in [5, 5.41) is 3.07. The van der Waals surface area contributed by atoms with Gasteiger partial charge < -0.3 is 24.3 Å². The van der Waals surface area contributed by atoms with Gasteiger partial charge in [-0.1, -0.05) is 30.3 Å². The maximum absolute atomic E-state index is 13.3. The number of para-hydroxylation sites is 1. The van der Waals surface area contributed by atoms with Gasteiger partial charge in [0.15, 0.2) is 0 Å². The monoisotopic (exact) mass is 419 g/mol. The third kappa shape index (κ3) is 4.44. The van der Waals surface area contributed by atoms with Gasteiger partial charge in [0.25, 0.3) is 0 Å². The largest absolute Gasteiger partial charge is 0.494 e. The highest BCUT2D eigenvalue weighted by molar-refractivity contribution is 5.76. The summed E-state index contributed by atoms with van der Waals surface area (Å²) in [5.74, 6) is 0.828. The smallest absolute Gasteiger partial charge is 0.318 e. The number of carbonyl (C=O) groups is 1. The highest BCUT2D eigenvalue weighted by Crippen LogP contribution is 2.37. The molecule has 6 nitrogen and oxygen atoms in total. The summed E-state index contributed by atoms with van der Waals surface area (Å²) in [6.07, 6.45) is 2.84. The van der Waals surface area contributed by atoms with Gasteiger partial charge in [-0.3, -0.25) is 0 Å². The first kappa shape index (κ1) is 21.0. The lowest BCUT2D eigenvalue weighted by atomic mass is 10.0. The number of nitrogens with one attached hydrogen (secondary N) is 1. The van der Waals surface area contributed by atoms with Crippen molar-refractivity contribution in [1.29, 1.82) is 0 Å². The molecule has 0 saturated heterocycles. The SMILES string of the molecule is CCOc1ccc(C2c3cccn3-c3ccccc3CN2C(=O)NCCCOC)cc1. The molecule has 1 aliphatic heterocycles. The van der Waals surface area contributed by atoms with Crippen molar-refractivity contribution in [2.75, 3.05) is 26.9 Å². The van der Waals surface area contributed by atoms with E-state index in [4.69, 9.17) is 9.47 Å². The van der Waals surface area contributed by atoms with Gasteiger partial charge in [0, 0.05) is 32.2 Å². The number of amides is 2. The van der Waals surface area contributed by atoms with Gasteiger partial charge in [0.2, 0.25) is 0 Å². The zero-order chi connectivity index (χ0) is 21.6. The van der Waals surface area contributed by atoms with Gasteiger partial charge in [0.05, 0.1) is 24.9 Å². The van der Waals surface area contributed by atoms with Crippen LogP contribution >= 0.6 is 0 Å². The molecule has 0 aliphatic carbocycles. The molecule has 1 N–H and O–H groups in total. The lowest BCUT2D eigenvalue weighted by Gasteiger charge is -2.31. The van der Waals surface area contributed by atoms with E-state index in [2.05, 4.69) is 34.3 Å². The minimum absolute atomic E-state index is 0.0839. The molecule has 0 fully saturated rings. The number of hydrogen-bond acceptors (Lipinski definition) is 3.